The van der Waals surface area contributed by atoms with E-state index in [0.717, 1.165) is 6.07 Å². The van der Waals surface area contributed by atoms with Gasteiger partial charge in [0.15, 0.2) is 10.6 Å². The van der Waals surface area contributed by atoms with Gasteiger partial charge in [-0.1, -0.05) is 32.0 Å². The SMILES string of the molecule is COc1ncc(NC(=O)c2coc(-c3ccccc3)n2)cc1S(=O)(=O)Nc1ccc(F)cc1C(C)C. The Morgan fingerprint density at radius 2 is 1.86 bits per heavy atom. The van der Waals surface area contributed by atoms with Gasteiger partial charge < -0.3 is 14.5 Å². The van der Waals surface area contributed by atoms with E-state index in [1.54, 1.807) is 12.1 Å². The second kappa shape index (κ2) is 10.2. The molecule has 0 saturated heterocycles. The molecule has 0 radical (unpaired) electrons. The number of nitrogens with one attached hydrogen (secondary N) is 2. The van der Waals surface area contributed by atoms with Gasteiger partial charge in [0.2, 0.25) is 11.8 Å². The molecule has 4 aromatic rings. The Labute approximate surface area is 207 Å². The van der Waals surface area contributed by atoms with E-state index in [-0.39, 0.29) is 39.7 Å². The van der Waals surface area contributed by atoms with Crippen molar-refractivity contribution < 1.29 is 26.8 Å². The molecule has 11 heteroatoms. The van der Waals surface area contributed by atoms with E-state index in [1.165, 1.54) is 37.8 Å². The average Bonchev–Trinajstić information content (AvgIpc) is 3.36. The molecule has 2 aromatic carbocycles. The molecule has 1 amide bonds. The summed E-state index contributed by atoms with van der Waals surface area (Å²) in [7, 11) is -2.95. The van der Waals surface area contributed by atoms with Gasteiger partial charge in [-0.15, -0.1) is 0 Å². The molecule has 2 aromatic heterocycles. The Kier molecular flexibility index (Phi) is 7.02. The van der Waals surface area contributed by atoms with Gasteiger partial charge in [-0.05, 0) is 47.9 Å². The zero-order valence-electron chi connectivity index (χ0n) is 19.7. The number of ether oxygens (including phenoxy) is 1. The molecule has 0 aliphatic heterocycles. The Balaban J connectivity index is 1.60. The highest BCUT2D eigenvalue weighted by molar-refractivity contribution is 7.92. The number of carbonyl (C=O) groups excluding carboxylic acids is 1. The third kappa shape index (κ3) is 5.36. The molecule has 0 atom stereocenters. The predicted octanol–water partition coefficient (Wildman–Crippen LogP) is 5.06. The van der Waals surface area contributed by atoms with Crippen molar-refractivity contribution >= 4 is 27.3 Å². The fourth-order valence-electron chi connectivity index (χ4n) is 3.44. The maximum Gasteiger partial charge on any atom is 0.277 e. The summed E-state index contributed by atoms with van der Waals surface area (Å²) in [4.78, 5) is 20.6. The molecule has 186 valence electrons. The van der Waals surface area contributed by atoms with Crippen molar-refractivity contribution in [2.75, 3.05) is 17.1 Å². The number of halogens is 1. The topological polar surface area (TPSA) is 123 Å². The Bertz CT molecular complexity index is 1500. The number of oxazole rings is 1. The summed E-state index contributed by atoms with van der Waals surface area (Å²) in [6, 6.07) is 14.0. The van der Waals surface area contributed by atoms with E-state index in [9.17, 15) is 17.6 Å². The van der Waals surface area contributed by atoms with Gasteiger partial charge in [0.05, 0.1) is 24.7 Å². The van der Waals surface area contributed by atoms with Crippen molar-refractivity contribution in [3.63, 3.8) is 0 Å². The zero-order chi connectivity index (χ0) is 25.9. The first-order valence-electron chi connectivity index (χ1n) is 10.9. The lowest BCUT2D eigenvalue weighted by Crippen LogP contribution is -2.18. The maximum atomic E-state index is 13.7. The second-order valence-electron chi connectivity index (χ2n) is 8.08. The second-order valence-corrected chi connectivity index (χ2v) is 9.73. The lowest BCUT2D eigenvalue weighted by Gasteiger charge is -2.16. The smallest absolute Gasteiger partial charge is 0.277 e. The molecule has 4 rings (SSSR count). The van der Waals surface area contributed by atoms with Crippen LogP contribution >= 0.6 is 0 Å². The molecule has 0 bridgehead atoms. The lowest BCUT2D eigenvalue weighted by atomic mass is 10.0. The first-order chi connectivity index (χ1) is 17.2. The summed E-state index contributed by atoms with van der Waals surface area (Å²) in [5, 5.41) is 2.57. The molecule has 0 unspecified atom stereocenters. The van der Waals surface area contributed by atoms with Crippen molar-refractivity contribution in [3.8, 4) is 17.3 Å². The minimum absolute atomic E-state index is 0.0000839. The van der Waals surface area contributed by atoms with Crippen LogP contribution in [0.2, 0.25) is 0 Å². The van der Waals surface area contributed by atoms with Crippen LogP contribution < -0.4 is 14.8 Å². The number of benzene rings is 2. The minimum Gasteiger partial charge on any atom is -0.480 e. The van der Waals surface area contributed by atoms with Gasteiger partial charge >= 0.3 is 0 Å². The van der Waals surface area contributed by atoms with Crippen LogP contribution in [0.3, 0.4) is 0 Å². The van der Waals surface area contributed by atoms with E-state index in [2.05, 4.69) is 20.0 Å². The molecule has 0 fully saturated rings. The largest absolute Gasteiger partial charge is 0.480 e. The maximum absolute atomic E-state index is 13.7. The summed E-state index contributed by atoms with van der Waals surface area (Å²) in [5.74, 6) is -1.16. The van der Waals surface area contributed by atoms with E-state index in [4.69, 9.17) is 9.15 Å². The summed E-state index contributed by atoms with van der Waals surface area (Å²) < 4.78 is 53.2. The van der Waals surface area contributed by atoms with Gasteiger partial charge in [0.25, 0.3) is 15.9 Å². The number of carbonyl (C=O) groups is 1. The van der Waals surface area contributed by atoms with Crippen molar-refractivity contribution in [1.29, 1.82) is 0 Å². The summed E-state index contributed by atoms with van der Waals surface area (Å²) in [6.45, 7) is 3.63. The average molecular weight is 511 g/mol. The van der Waals surface area contributed by atoms with E-state index < -0.39 is 21.7 Å². The number of amides is 1. The van der Waals surface area contributed by atoms with Crippen LogP contribution in [0.25, 0.3) is 11.5 Å². The molecular formula is C25H23FN4O5S. The number of rotatable bonds is 8. The molecule has 0 spiro atoms. The first-order valence-corrected chi connectivity index (χ1v) is 12.3. The Morgan fingerprint density at radius 3 is 2.56 bits per heavy atom. The summed E-state index contributed by atoms with van der Waals surface area (Å²) in [5.41, 5.74) is 1.49. The molecular weight excluding hydrogens is 487 g/mol. The highest BCUT2D eigenvalue weighted by atomic mass is 32.2. The summed E-state index contributed by atoms with van der Waals surface area (Å²) in [6.07, 6.45) is 2.46. The molecule has 36 heavy (non-hydrogen) atoms. The highest BCUT2D eigenvalue weighted by Crippen LogP contribution is 2.31. The Morgan fingerprint density at radius 1 is 1.11 bits per heavy atom. The number of hydrogen-bond acceptors (Lipinski definition) is 7. The summed E-state index contributed by atoms with van der Waals surface area (Å²) >= 11 is 0. The van der Waals surface area contributed by atoms with Crippen molar-refractivity contribution in [2.45, 2.75) is 24.7 Å². The van der Waals surface area contributed by atoms with Gasteiger partial charge in [-0.2, -0.15) is 0 Å². The number of sulfonamides is 1. The van der Waals surface area contributed by atoms with Gasteiger partial charge in [0.1, 0.15) is 12.1 Å². The van der Waals surface area contributed by atoms with Crippen LogP contribution in [0.1, 0.15) is 35.8 Å². The molecule has 2 N–H and O–H groups in total. The lowest BCUT2D eigenvalue weighted by molar-refractivity contribution is 0.102. The monoisotopic (exact) mass is 510 g/mol. The van der Waals surface area contributed by atoms with Crippen molar-refractivity contribution in [1.82, 2.24) is 9.97 Å². The third-order valence-electron chi connectivity index (χ3n) is 5.20. The van der Waals surface area contributed by atoms with Crippen LogP contribution in [-0.4, -0.2) is 31.4 Å². The molecule has 0 aliphatic carbocycles. The van der Waals surface area contributed by atoms with Crippen LogP contribution in [0.4, 0.5) is 15.8 Å². The van der Waals surface area contributed by atoms with Gasteiger partial charge in [-0.3, -0.25) is 9.52 Å². The number of anilines is 2. The molecule has 0 saturated carbocycles. The van der Waals surface area contributed by atoms with E-state index in [0.29, 0.717) is 11.1 Å². The number of methoxy groups -OCH3 is 1. The molecule has 2 heterocycles. The molecule has 9 nitrogen and oxygen atoms in total. The van der Waals surface area contributed by atoms with E-state index in [1.807, 2.05) is 32.0 Å². The van der Waals surface area contributed by atoms with Crippen LogP contribution in [-0.2, 0) is 10.0 Å². The highest BCUT2D eigenvalue weighted by Gasteiger charge is 2.24. The quantitative estimate of drug-likeness (QED) is 0.340. The zero-order valence-corrected chi connectivity index (χ0v) is 20.5. The minimum atomic E-state index is -4.23. The fraction of sp³-hybridized carbons (Fsp3) is 0.160. The standard InChI is InChI=1S/C25H23FN4O5S/c1-15(2)19-11-17(26)9-10-20(19)30-36(32,33)22-12-18(13-27-25(22)34-3)28-23(31)21-14-35-24(29-21)16-7-5-4-6-8-16/h4-15,30H,1-3H3,(H,28,31). The number of hydrogen-bond donors (Lipinski definition) is 2. The van der Waals surface area contributed by atoms with Crippen LogP contribution in [0, 0.1) is 5.82 Å². The number of aromatic nitrogens is 2. The fourth-order valence-corrected chi connectivity index (χ4v) is 4.67. The first kappa shape index (κ1) is 24.9. The van der Waals surface area contributed by atoms with Crippen LogP contribution in [0.15, 0.2) is 76.4 Å². The van der Waals surface area contributed by atoms with Crippen molar-refractivity contribution in [2.24, 2.45) is 0 Å². The number of nitrogens with zero attached hydrogens (tertiary/aromatic N) is 2. The number of pyridine rings is 1. The Hall–Kier alpha value is -4.25. The third-order valence-corrected chi connectivity index (χ3v) is 6.56. The van der Waals surface area contributed by atoms with Crippen molar-refractivity contribution in [3.05, 3.63) is 84.1 Å². The van der Waals surface area contributed by atoms with Crippen LogP contribution in [0.5, 0.6) is 5.88 Å². The van der Waals surface area contributed by atoms with Gasteiger partial charge in [0, 0.05) is 5.56 Å². The molecule has 0 aliphatic rings. The normalized spacial score (nSPS) is 11.4. The van der Waals surface area contributed by atoms with Gasteiger partial charge in [-0.25, -0.2) is 22.8 Å². The predicted molar refractivity (Wildman–Crippen MR) is 132 cm³/mol. The van der Waals surface area contributed by atoms with E-state index >= 15 is 0 Å².